The average molecular weight is 354 g/mol. The van der Waals surface area contributed by atoms with Crippen LogP contribution in [0.2, 0.25) is 0 Å². The summed E-state index contributed by atoms with van der Waals surface area (Å²) >= 11 is 0. The number of carbonyl (C=O) groups excluding carboxylic acids is 1. The van der Waals surface area contributed by atoms with Gasteiger partial charge in [0.15, 0.2) is 0 Å². The molecule has 1 aromatic rings. The molecule has 1 amide bonds. The molecule has 1 saturated heterocycles. The predicted molar refractivity (Wildman–Crippen MR) is 88.2 cm³/mol. The van der Waals surface area contributed by atoms with Crippen molar-refractivity contribution in [3.8, 4) is 0 Å². The Labute approximate surface area is 141 Å². The zero-order chi connectivity index (χ0) is 18.1. The van der Waals surface area contributed by atoms with Crippen LogP contribution in [0.25, 0.3) is 0 Å². The molecule has 132 valence electrons. The molecule has 1 fully saturated rings. The fraction of sp³-hybridized carbons (Fsp3) is 0.500. The highest BCUT2D eigenvalue weighted by Crippen LogP contribution is 2.21. The van der Waals surface area contributed by atoms with Gasteiger partial charge < -0.3 is 10.0 Å². The van der Waals surface area contributed by atoms with Gasteiger partial charge in [-0.2, -0.15) is 0 Å². The SMILES string of the molecule is CC(C)(C)NS(=O)(=O)c1ccc(C(=O)N2CCCC2C(=O)O)cc1. The van der Waals surface area contributed by atoms with E-state index in [1.54, 1.807) is 20.8 Å². The van der Waals surface area contributed by atoms with Gasteiger partial charge in [0.2, 0.25) is 10.0 Å². The number of carbonyl (C=O) groups is 2. The molecule has 1 aliphatic heterocycles. The fourth-order valence-electron chi connectivity index (χ4n) is 2.67. The quantitative estimate of drug-likeness (QED) is 0.852. The molecule has 1 atom stereocenters. The van der Waals surface area contributed by atoms with E-state index in [9.17, 15) is 18.0 Å². The van der Waals surface area contributed by atoms with Crippen molar-refractivity contribution in [1.82, 2.24) is 9.62 Å². The van der Waals surface area contributed by atoms with E-state index in [1.807, 2.05) is 0 Å². The van der Waals surface area contributed by atoms with Crippen molar-refractivity contribution in [2.75, 3.05) is 6.54 Å². The second-order valence-corrected chi connectivity index (χ2v) is 8.56. The van der Waals surface area contributed by atoms with Crippen molar-refractivity contribution in [3.63, 3.8) is 0 Å². The van der Waals surface area contributed by atoms with Crippen LogP contribution in [0.1, 0.15) is 44.0 Å². The Morgan fingerprint density at radius 1 is 1.21 bits per heavy atom. The molecule has 0 aliphatic carbocycles. The molecule has 7 nitrogen and oxygen atoms in total. The Bertz CT molecular complexity index is 735. The first kappa shape index (κ1) is 18.4. The van der Waals surface area contributed by atoms with Gasteiger partial charge in [-0.05, 0) is 57.9 Å². The van der Waals surface area contributed by atoms with E-state index in [2.05, 4.69) is 4.72 Å². The summed E-state index contributed by atoms with van der Waals surface area (Å²) in [7, 11) is -3.67. The highest BCUT2D eigenvalue weighted by atomic mass is 32.2. The monoisotopic (exact) mass is 354 g/mol. The van der Waals surface area contributed by atoms with Gasteiger partial charge in [-0.3, -0.25) is 4.79 Å². The standard InChI is InChI=1S/C16H22N2O5S/c1-16(2,3)17-24(22,23)12-8-6-11(7-9-12)14(19)18-10-4-5-13(18)15(20)21/h6-9,13,17H,4-5,10H2,1-3H3,(H,20,21). The van der Waals surface area contributed by atoms with Crippen LogP contribution in [0.5, 0.6) is 0 Å². The first-order chi connectivity index (χ1) is 11.0. The van der Waals surface area contributed by atoms with Crippen LogP contribution in [-0.2, 0) is 14.8 Å². The predicted octanol–water partition coefficient (Wildman–Crippen LogP) is 1.45. The summed E-state index contributed by atoms with van der Waals surface area (Å²) in [6.45, 7) is 5.60. The minimum atomic E-state index is -3.67. The van der Waals surface area contributed by atoms with Crippen LogP contribution < -0.4 is 4.72 Å². The number of likely N-dealkylation sites (tertiary alicyclic amines) is 1. The van der Waals surface area contributed by atoms with Crippen molar-refractivity contribution in [2.45, 2.75) is 50.1 Å². The van der Waals surface area contributed by atoms with Gasteiger partial charge in [0, 0.05) is 17.6 Å². The molecule has 2 N–H and O–H groups in total. The zero-order valence-corrected chi connectivity index (χ0v) is 14.8. The van der Waals surface area contributed by atoms with Gasteiger partial charge >= 0.3 is 5.97 Å². The van der Waals surface area contributed by atoms with Crippen LogP contribution in [-0.4, -0.2) is 48.4 Å². The van der Waals surface area contributed by atoms with Crippen LogP contribution in [0.4, 0.5) is 0 Å². The molecule has 0 spiro atoms. The van der Waals surface area contributed by atoms with E-state index in [1.165, 1.54) is 29.2 Å². The summed E-state index contributed by atoms with van der Waals surface area (Å²) in [4.78, 5) is 25.0. The number of nitrogens with zero attached hydrogens (tertiary/aromatic N) is 1. The Hall–Kier alpha value is -1.93. The average Bonchev–Trinajstić information content (AvgIpc) is 2.93. The van der Waals surface area contributed by atoms with Gasteiger partial charge in [-0.15, -0.1) is 0 Å². The topological polar surface area (TPSA) is 104 Å². The molecular weight excluding hydrogens is 332 g/mol. The Morgan fingerprint density at radius 2 is 1.79 bits per heavy atom. The molecule has 1 aliphatic rings. The molecule has 8 heteroatoms. The summed E-state index contributed by atoms with van der Waals surface area (Å²) < 4.78 is 27.0. The maximum atomic E-state index is 12.4. The molecule has 0 bridgehead atoms. The second-order valence-electron chi connectivity index (χ2n) is 6.87. The number of aliphatic carboxylic acids is 1. The number of amides is 1. The first-order valence-electron chi connectivity index (χ1n) is 7.69. The first-order valence-corrected chi connectivity index (χ1v) is 9.17. The molecule has 1 unspecified atom stereocenters. The number of benzene rings is 1. The lowest BCUT2D eigenvalue weighted by atomic mass is 10.1. The smallest absolute Gasteiger partial charge is 0.326 e. The third-order valence-electron chi connectivity index (χ3n) is 3.65. The maximum Gasteiger partial charge on any atom is 0.326 e. The number of nitrogens with one attached hydrogen (secondary N) is 1. The van der Waals surface area contributed by atoms with Crippen molar-refractivity contribution in [3.05, 3.63) is 29.8 Å². The third-order valence-corrected chi connectivity index (χ3v) is 5.42. The van der Waals surface area contributed by atoms with Crippen molar-refractivity contribution in [1.29, 1.82) is 0 Å². The van der Waals surface area contributed by atoms with Crippen molar-refractivity contribution >= 4 is 21.9 Å². The maximum absolute atomic E-state index is 12.4. The summed E-state index contributed by atoms with van der Waals surface area (Å²) in [5, 5.41) is 9.16. The highest BCUT2D eigenvalue weighted by Gasteiger charge is 2.34. The molecular formula is C16H22N2O5S. The molecule has 2 rings (SSSR count). The van der Waals surface area contributed by atoms with Gasteiger partial charge in [0.05, 0.1) is 4.90 Å². The number of hydrogen-bond acceptors (Lipinski definition) is 4. The Morgan fingerprint density at radius 3 is 2.29 bits per heavy atom. The minimum absolute atomic E-state index is 0.0604. The van der Waals surface area contributed by atoms with E-state index >= 15 is 0 Å². The van der Waals surface area contributed by atoms with E-state index in [0.29, 0.717) is 19.4 Å². The lowest BCUT2D eigenvalue weighted by Gasteiger charge is -2.22. The van der Waals surface area contributed by atoms with Crippen molar-refractivity contribution in [2.24, 2.45) is 0 Å². The van der Waals surface area contributed by atoms with Crippen LogP contribution in [0.15, 0.2) is 29.2 Å². The molecule has 24 heavy (non-hydrogen) atoms. The Balaban J connectivity index is 2.20. The van der Waals surface area contributed by atoms with Gasteiger partial charge in [-0.25, -0.2) is 17.9 Å². The zero-order valence-electron chi connectivity index (χ0n) is 13.9. The summed E-state index contributed by atoms with van der Waals surface area (Å²) in [6, 6.07) is 4.72. The van der Waals surface area contributed by atoms with E-state index in [-0.39, 0.29) is 10.5 Å². The van der Waals surface area contributed by atoms with E-state index in [4.69, 9.17) is 5.11 Å². The van der Waals surface area contributed by atoms with Crippen LogP contribution in [0.3, 0.4) is 0 Å². The minimum Gasteiger partial charge on any atom is -0.480 e. The van der Waals surface area contributed by atoms with Crippen molar-refractivity contribution < 1.29 is 23.1 Å². The normalized spacial score (nSPS) is 18.6. The third kappa shape index (κ3) is 4.12. The summed E-state index contributed by atoms with van der Waals surface area (Å²) in [6.07, 6.45) is 1.08. The van der Waals surface area contributed by atoms with Crippen LogP contribution >= 0.6 is 0 Å². The largest absolute Gasteiger partial charge is 0.480 e. The van der Waals surface area contributed by atoms with E-state index in [0.717, 1.165) is 0 Å². The fourth-order valence-corrected chi connectivity index (χ4v) is 4.09. The van der Waals surface area contributed by atoms with Gasteiger partial charge in [0.1, 0.15) is 6.04 Å². The molecule has 0 radical (unpaired) electrons. The number of sulfonamides is 1. The number of carboxylic acid groups (broad SMARTS) is 1. The molecule has 0 saturated carbocycles. The lowest BCUT2D eigenvalue weighted by molar-refractivity contribution is -0.141. The van der Waals surface area contributed by atoms with E-state index < -0.39 is 33.5 Å². The lowest BCUT2D eigenvalue weighted by Crippen LogP contribution is -2.41. The van der Waals surface area contributed by atoms with Gasteiger partial charge in [-0.1, -0.05) is 0 Å². The van der Waals surface area contributed by atoms with Crippen LogP contribution in [0, 0.1) is 0 Å². The molecule has 1 heterocycles. The number of rotatable bonds is 4. The summed E-state index contributed by atoms with van der Waals surface area (Å²) in [5.41, 5.74) is -0.338. The second kappa shape index (κ2) is 6.52. The molecule has 1 aromatic carbocycles. The molecule has 0 aromatic heterocycles. The Kier molecular flexibility index (Phi) is 5.00. The van der Waals surface area contributed by atoms with Gasteiger partial charge in [0.25, 0.3) is 5.91 Å². The summed E-state index contributed by atoms with van der Waals surface area (Å²) in [5.74, 6) is -1.41. The highest BCUT2D eigenvalue weighted by molar-refractivity contribution is 7.89. The number of carboxylic acids is 1. The number of hydrogen-bond donors (Lipinski definition) is 2.